The highest BCUT2D eigenvalue weighted by molar-refractivity contribution is 7.86. The molecule has 1 N–H and O–H groups in total. The molecule has 0 amide bonds. The molecule has 1 aliphatic carbocycles. The standard InChI is InChI=1S/C20H21NO3S/c1-13-3-7-16(8-4-13)25(22,23)24-15-6-10-20-18(12-15)17-11-14(2)5-9-19(17)21-20/h3-5,7-9,11,15,21H,6,10,12H2,1-2H3. The molecule has 0 saturated heterocycles. The highest BCUT2D eigenvalue weighted by Crippen LogP contribution is 2.32. The van der Waals surface area contributed by atoms with Crippen LogP contribution in [0.3, 0.4) is 0 Å². The van der Waals surface area contributed by atoms with Crippen LogP contribution in [0.25, 0.3) is 10.9 Å². The Morgan fingerprint density at radius 1 is 1.04 bits per heavy atom. The van der Waals surface area contributed by atoms with Gasteiger partial charge in [0, 0.05) is 23.0 Å². The fourth-order valence-corrected chi connectivity index (χ4v) is 4.62. The second-order valence-electron chi connectivity index (χ2n) is 6.86. The van der Waals surface area contributed by atoms with Crippen LogP contribution in [0.1, 0.15) is 28.8 Å². The van der Waals surface area contributed by atoms with E-state index >= 15 is 0 Å². The largest absolute Gasteiger partial charge is 0.358 e. The van der Waals surface area contributed by atoms with Crippen LogP contribution >= 0.6 is 0 Å². The number of hydrogen-bond acceptors (Lipinski definition) is 3. The third-order valence-corrected chi connectivity index (χ3v) is 6.25. The first kappa shape index (κ1) is 16.4. The monoisotopic (exact) mass is 355 g/mol. The molecule has 0 aliphatic heterocycles. The molecule has 1 aromatic heterocycles. The summed E-state index contributed by atoms with van der Waals surface area (Å²) in [5.74, 6) is 0. The lowest BCUT2D eigenvalue weighted by molar-refractivity contribution is 0.192. The number of H-pyrrole nitrogens is 1. The average molecular weight is 355 g/mol. The second-order valence-corrected chi connectivity index (χ2v) is 8.43. The highest BCUT2D eigenvalue weighted by atomic mass is 32.2. The first-order valence-corrected chi connectivity index (χ1v) is 9.93. The van der Waals surface area contributed by atoms with Gasteiger partial charge in [-0.2, -0.15) is 8.42 Å². The number of nitrogens with one attached hydrogen (secondary N) is 1. The molecular formula is C20H21NO3S. The Morgan fingerprint density at radius 3 is 2.52 bits per heavy atom. The van der Waals surface area contributed by atoms with Crippen LogP contribution in [-0.4, -0.2) is 19.5 Å². The molecule has 130 valence electrons. The number of benzene rings is 2. The van der Waals surface area contributed by atoms with Crippen molar-refractivity contribution in [2.24, 2.45) is 0 Å². The van der Waals surface area contributed by atoms with Gasteiger partial charge in [0.05, 0.1) is 11.0 Å². The fraction of sp³-hybridized carbons (Fsp3) is 0.300. The third kappa shape index (κ3) is 3.10. The van der Waals surface area contributed by atoms with Crippen molar-refractivity contribution in [1.29, 1.82) is 0 Å². The van der Waals surface area contributed by atoms with Gasteiger partial charge in [-0.05, 0) is 56.5 Å². The lowest BCUT2D eigenvalue weighted by Crippen LogP contribution is -2.25. The van der Waals surface area contributed by atoms with E-state index < -0.39 is 10.1 Å². The zero-order chi connectivity index (χ0) is 17.6. The smallest absolute Gasteiger partial charge is 0.297 e. The zero-order valence-electron chi connectivity index (χ0n) is 14.4. The molecule has 4 nitrogen and oxygen atoms in total. The summed E-state index contributed by atoms with van der Waals surface area (Å²) >= 11 is 0. The molecule has 2 aromatic carbocycles. The normalized spacial score (nSPS) is 17.6. The summed E-state index contributed by atoms with van der Waals surface area (Å²) in [6.45, 7) is 4.00. The van der Waals surface area contributed by atoms with Crippen LogP contribution in [0.2, 0.25) is 0 Å². The van der Waals surface area contributed by atoms with E-state index in [-0.39, 0.29) is 11.0 Å². The summed E-state index contributed by atoms with van der Waals surface area (Å²) < 4.78 is 30.7. The van der Waals surface area contributed by atoms with E-state index in [1.807, 2.05) is 6.92 Å². The van der Waals surface area contributed by atoms with Crippen molar-refractivity contribution in [3.8, 4) is 0 Å². The van der Waals surface area contributed by atoms with Crippen LogP contribution in [0.4, 0.5) is 0 Å². The van der Waals surface area contributed by atoms with E-state index in [0.29, 0.717) is 12.8 Å². The van der Waals surface area contributed by atoms with Gasteiger partial charge in [-0.15, -0.1) is 0 Å². The molecular weight excluding hydrogens is 334 g/mol. The lowest BCUT2D eigenvalue weighted by atomic mass is 9.93. The van der Waals surface area contributed by atoms with Gasteiger partial charge in [0.25, 0.3) is 10.1 Å². The Morgan fingerprint density at radius 2 is 1.76 bits per heavy atom. The van der Waals surface area contributed by atoms with Crippen LogP contribution in [0.15, 0.2) is 47.4 Å². The molecule has 0 fully saturated rings. The maximum atomic E-state index is 12.5. The number of aryl methyl sites for hydroxylation is 3. The summed E-state index contributed by atoms with van der Waals surface area (Å²) in [6, 6.07) is 13.1. The Bertz CT molecular complexity index is 1030. The van der Waals surface area contributed by atoms with Crippen LogP contribution in [0.5, 0.6) is 0 Å². The first-order chi connectivity index (χ1) is 11.9. The molecule has 1 atom stereocenters. The minimum atomic E-state index is -3.73. The van der Waals surface area contributed by atoms with Crippen LogP contribution in [0, 0.1) is 13.8 Å². The molecule has 4 rings (SSSR count). The SMILES string of the molecule is Cc1ccc(S(=O)(=O)OC2CCc3[nH]c4ccc(C)cc4c3C2)cc1. The van der Waals surface area contributed by atoms with Gasteiger partial charge in [-0.3, -0.25) is 4.18 Å². The first-order valence-electron chi connectivity index (χ1n) is 8.52. The molecule has 0 saturated carbocycles. The Kier molecular flexibility index (Phi) is 3.93. The maximum absolute atomic E-state index is 12.5. The molecule has 1 heterocycles. The van der Waals surface area contributed by atoms with Crippen molar-refractivity contribution in [3.63, 3.8) is 0 Å². The minimum absolute atomic E-state index is 0.221. The predicted molar refractivity (Wildman–Crippen MR) is 98.3 cm³/mol. The van der Waals surface area contributed by atoms with Crippen molar-refractivity contribution >= 4 is 21.0 Å². The predicted octanol–water partition coefficient (Wildman–Crippen LogP) is 4.05. The van der Waals surface area contributed by atoms with Crippen molar-refractivity contribution in [2.75, 3.05) is 0 Å². The van der Waals surface area contributed by atoms with E-state index in [0.717, 1.165) is 17.5 Å². The molecule has 0 spiro atoms. The Hall–Kier alpha value is -2.11. The van der Waals surface area contributed by atoms with Gasteiger partial charge in [0.15, 0.2) is 0 Å². The van der Waals surface area contributed by atoms with Crippen LogP contribution < -0.4 is 0 Å². The fourth-order valence-electron chi connectivity index (χ4n) is 3.52. The summed E-state index contributed by atoms with van der Waals surface area (Å²) in [5, 5.41) is 1.18. The van der Waals surface area contributed by atoms with Crippen molar-refractivity contribution in [2.45, 2.75) is 44.1 Å². The lowest BCUT2D eigenvalue weighted by Gasteiger charge is -2.22. The van der Waals surface area contributed by atoms with Gasteiger partial charge in [-0.1, -0.05) is 29.3 Å². The quantitative estimate of drug-likeness (QED) is 0.721. The molecule has 1 unspecified atom stereocenters. The molecule has 25 heavy (non-hydrogen) atoms. The molecule has 0 bridgehead atoms. The number of aromatic nitrogens is 1. The van der Waals surface area contributed by atoms with E-state index in [1.54, 1.807) is 24.3 Å². The van der Waals surface area contributed by atoms with Crippen molar-refractivity contribution < 1.29 is 12.6 Å². The van der Waals surface area contributed by atoms with E-state index in [4.69, 9.17) is 4.18 Å². The van der Waals surface area contributed by atoms with Gasteiger partial charge in [0.2, 0.25) is 0 Å². The number of fused-ring (bicyclic) bond motifs is 3. The van der Waals surface area contributed by atoms with Gasteiger partial charge < -0.3 is 4.98 Å². The Labute approximate surface area is 148 Å². The third-order valence-electron chi connectivity index (χ3n) is 4.87. The molecule has 3 aromatic rings. The van der Waals surface area contributed by atoms with Gasteiger partial charge in [0.1, 0.15) is 0 Å². The highest BCUT2D eigenvalue weighted by Gasteiger charge is 2.28. The van der Waals surface area contributed by atoms with Gasteiger partial charge >= 0.3 is 0 Å². The summed E-state index contributed by atoms with van der Waals surface area (Å²) in [5.41, 5.74) is 5.72. The minimum Gasteiger partial charge on any atom is -0.358 e. The molecule has 0 radical (unpaired) electrons. The number of rotatable bonds is 3. The van der Waals surface area contributed by atoms with E-state index in [2.05, 4.69) is 30.1 Å². The van der Waals surface area contributed by atoms with Crippen molar-refractivity contribution in [1.82, 2.24) is 4.98 Å². The van der Waals surface area contributed by atoms with E-state index in [1.165, 1.54) is 22.2 Å². The summed E-state index contributed by atoms with van der Waals surface area (Å²) in [7, 11) is -3.73. The van der Waals surface area contributed by atoms with Crippen LogP contribution in [-0.2, 0) is 27.1 Å². The summed E-state index contributed by atoms with van der Waals surface area (Å²) in [6.07, 6.45) is 1.79. The van der Waals surface area contributed by atoms with E-state index in [9.17, 15) is 8.42 Å². The second kappa shape index (κ2) is 6.00. The summed E-state index contributed by atoms with van der Waals surface area (Å²) in [4.78, 5) is 3.68. The molecule has 1 aliphatic rings. The van der Waals surface area contributed by atoms with Crippen molar-refractivity contribution in [3.05, 3.63) is 64.8 Å². The molecule has 5 heteroatoms. The maximum Gasteiger partial charge on any atom is 0.297 e. The number of hydrogen-bond donors (Lipinski definition) is 1. The van der Waals surface area contributed by atoms with Gasteiger partial charge in [-0.25, -0.2) is 0 Å². The Balaban J connectivity index is 1.61. The zero-order valence-corrected chi connectivity index (χ0v) is 15.2. The average Bonchev–Trinajstić information content (AvgIpc) is 2.92. The number of aromatic amines is 1. The topological polar surface area (TPSA) is 59.2 Å².